The Morgan fingerprint density at radius 1 is 1.25 bits per heavy atom. The SMILES string of the molecule is Cc1ccc(C)c(CN(C)c2cc(NC#N)ncn2)c1. The third kappa shape index (κ3) is 3.23. The van der Waals surface area contributed by atoms with Crippen molar-refractivity contribution in [1.29, 1.82) is 5.26 Å². The largest absolute Gasteiger partial charge is 0.355 e. The van der Waals surface area contributed by atoms with Gasteiger partial charge in [0.1, 0.15) is 18.0 Å². The van der Waals surface area contributed by atoms with Gasteiger partial charge < -0.3 is 4.90 Å². The van der Waals surface area contributed by atoms with Crippen LogP contribution < -0.4 is 10.2 Å². The van der Waals surface area contributed by atoms with E-state index in [2.05, 4.69) is 47.3 Å². The van der Waals surface area contributed by atoms with Crippen molar-refractivity contribution < 1.29 is 0 Å². The number of aryl methyl sites for hydroxylation is 2. The highest BCUT2D eigenvalue weighted by atomic mass is 15.2. The van der Waals surface area contributed by atoms with Crippen molar-refractivity contribution in [1.82, 2.24) is 9.97 Å². The van der Waals surface area contributed by atoms with Gasteiger partial charge in [-0.05, 0) is 25.0 Å². The Morgan fingerprint density at radius 2 is 2.05 bits per heavy atom. The van der Waals surface area contributed by atoms with Crippen LogP contribution in [-0.2, 0) is 6.54 Å². The summed E-state index contributed by atoms with van der Waals surface area (Å²) in [6.45, 7) is 4.95. The number of hydrogen-bond donors (Lipinski definition) is 1. The summed E-state index contributed by atoms with van der Waals surface area (Å²) in [7, 11) is 1.97. The summed E-state index contributed by atoms with van der Waals surface area (Å²) in [6.07, 6.45) is 3.31. The minimum Gasteiger partial charge on any atom is -0.355 e. The lowest BCUT2D eigenvalue weighted by molar-refractivity contribution is 0.884. The number of anilines is 2. The lowest BCUT2D eigenvalue weighted by Gasteiger charge is -2.20. The Bertz CT molecular complexity index is 645. The summed E-state index contributed by atoms with van der Waals surface area (Å²) in [5.41, 5.74) is 3.77. The van der Waals surface area contributed by atoms with Crippen LogP contribution in [0, 0.1) is 25.3 Å². The summed E-state index contributed by atoms with van der Waals surface area (Å²) in [6, 6.07) is 8.18. The van der Waals surface area contributed by atoms with E-state index < -0.39 is 0 Å². The number of nitrogens with zero attached hydrogens (tertiary/aromatic N) is 4. The number of rotatable bonds is 4. The number of nitrogens with one attached hydrogen (secondary N) is 1. The van der Waals surface area contributed by atoms with E-state index in [1.165, 1.54) is 23.0 Å². The lowest BCUT2D eigenvalue weighted by atomic mass is 10.1. The molecule has 2 rings (SSSR count). The van der Waals surface area contributed by atoms with E-state index in [1.807, 2.05) is 18.1 Å². The van der Waals surface area contributed by atoms with E-state index in [0.29, 0.717) is 5.82 Å². The average Bonchev–Trinajstić information content (AvgIpc) is 2.43. The molecule has 0 unspecified atom stereocenters. The van der Waals surface area contributed by atoms with Crippen molar-refractivity contribution in [2.24, 2.45) is 0 Å². The van der Waals surface area contributed by atoms with E-state index in [4.69, 9.17) is 5.26 Å². The van der Waals surface area contributed by atoms with Crippen LogP contribution >= 0.6 is 0 Å². The zero-order valence-electron chi connectivity index (χ0n) is 11.9. The molecule has 102 valence electrons. The third-order valence-corrected chi connectivity index (χ3v) is 3.14. The molecular formula is C15H17N5. The molecule has 0 bridgehead atoms. The van der Waals surface area contributed by atoms with Gasteiger partial charge in [-0.2, -0.15) is 5.26 Å². The van der Waals surface area contributed by atoms with Crippen molar-refractivity contribution in [3.8, 4) is 6.19 Å². The molecular weight excluding hydrogens is 250 g/mol. The molecule has 5 heteroatoms. The van der Waals surface area contributed by atoms with Crippen molar-refractivity contribution in [2.75, 3.05) is 17.3 Å². The van der Waals surface area contributed by atoms with E-state index in [0.717, 1.165) is 12.4 Å². The standard InChI is InChI=1S/C15H17N5/c1-11-4-5-12(2)13(6-11)8-20(3)15-7-14(17-9-16)18-10-19-15/h4-7,10H,8H2,1-3H3,(H,17,18,19). The van der Waals surface area contributed by atoms with Crippen molar-refractivity contribution in [2.45, 2.75) is 20.4 Å². The molecule has 5 nitrogen and oxygen atoms in total. The molecule has 2 aromatic rings. The highest BCUT2D eigenvalue weighted by Crippen LogP contribution is 2.18. The molecule has 0 fully saturated rings. The lowest BCUT2D eigenvalue weighted by Crippen LogP contribution is -2.18. The smallest absolute Gasteiger partial charge is 0.182 e. The number of hydrogen-bond acceptors (Lipinski definition) is 5. The first kappa shape index (κ1) is 13.8. The second-order valence-corrected chi connectivity index (χ2v) is 4.78. The fourth-order valence-electron chi connectivity index (χ4n) is 1.99. The van der Waals surface area contributed by atoms with Crippen LogP contribution in [0.3, 0.4) is 0 Å². The zero-order valence-corrected chi connectivity index (χ0v) is 11.9. The highest BCUT2D eigenvalue weighted by molar-refractivity contribution is 5.50. The average molecular weight is 267 g/mol. The first-order valence-electron chi connectivity index (χ1n) is 6.34. The van der Waals surface area contributed by atoms with E-state index in [9.17, 15) is 0 Å². The molecule has 20 heavy (non-hydrogen) atoms. The third-order valence-electron chi connectivity index (χ3n) is 3.14. The minimum absolute atomic E-state index is 0.505. The first-order valence-corrected chi connectivity index (χ1v) is 6.34. The van der Waals surface area contributed by atoms with Gasteiger partial charge in [-0.3, -0.25) is 5.32 Å². The van der Waals surface area contributed by atoms with Gasteiger partial charge in [0.05, 0.1) is 0 Å². The second-order valence-electron chi connectivity index (χ2n) is 4.78. The molecule has 0 aliphatic rings. The number of benzene rings is 1. The summed E-state index contributed by atoms with van der Waals surface area (Å²) in [5, 5.41) is 11.1. The predicted octanol–water partition coefficient (Wildman–Crippen LogP) is 2.62. The first-order chi connectivity index (χ1) is 9.60. The van der Waals surface area contributed by atoms with E-state index in [1.54, 1.807) is 6.07 Å². The molecule has 0 saturated heterocycles. The summed E-state index contributed by atoms with van der Waals surface area (Å²) in [5.74, 6) is 1.28. The van der Waals surface area contributed by atoms with Crippen LogP contribution in [0.5, 0.6) is 0 Å². The van der Waals surface area contributed by atoms with Crippen LogP contribution in [0.15, 0.2) is 30.6 Å². The Balaban J connectivity index is 2.19. The molecule has 1 aromatic heterocycles. The number of nitriles is 1. The molecule has 0 atom stereocenters. The van der Waals surface area contributed by atoms with Gasteiger partial charge in [0.25, 0.3) is 0 Å². The molecule has 0 spiro atoms. The van der Waals surface area contributed by atoms with Crippen LogP contribution in [0.25, 0.3) is 0 Å². The molecule has 1 heterocycles. The maximum absolute atomic E-state index is 8.62. The maximum atomic E-state index is 8.62. The van der Waals surface area contributed by atoms with Crippen LogP contribution in [0.2, 0.25) is 0 Å². The monoisotopic (exact) mass is 267 g/mol. The molecule has 0 saturated carbocycles. The minimum atomic E-state index is 0.505. The predicted molar refractivity (Wildman–Crippen MR) is 79.3 cm³/mol. The highest BCUT2D eigenvalue weighted by Gasteiger charge is 2.07. The normalized spacial score (nSPS) is 9.90. The molecule has 1 aromatic carbocycles. The molecule has 0 radical (unpaired) electrons. The Hall–Kier alpha value is -2.61. The van der Waals surface area contributed by atoms with Crippen LogP contribution in [0.4, 0.5) is 11.6 Å². The van der Waals surface area contributed by atoms with Crippen molar-refractivity contribution in [3.05, 3.63) is 47.3 Å². The maximum Gasteiger partial charge on any atom is 0.182 e. The summed E-state index contributed by atoms with van der Waals surface area (Å²) < 4.78 is 0. The van der Waals surface area contributed by atoms with Crippen molar-refractivity contribution >= 4 is 11.6 Å². The Morgan fingerprint density at radius 3 is 2.80 bits per heavy atom. The summed E-state index contributed by atoms with van der Waals surface area (Å²) >= 11 is 0. The topological polar surface area (TPSA) is 64.8 Å². The van der Waals surface area contributed by atoms with Gasteiger partial charge in [-0.15, -0.1) is 0 Å². The van der Waals surface area contributed by atoms with Gasteiger partial charge in [-0.1, -0.05) is 23.8 Å². The Kier molecular flexibility index (Phi) is 4.16. The van der Waals surface area contributed by atoms with Gasteiger partial charge in [0.15, 0.2) is 6.19 Å². The van der Waals surface area contributed by atoms with Gasteiger partial charge in [-0.25, -0.2) is 9.97 Å². The molecule has 1 N–H and O–H groups in total. The van der Waals surface area contributed by atoms with Crippen LogP contribution in [0.1, 0.15) is 16.7 Å². The Labute approximate surface area is 118 Å². The molecule has 0 aliphatic heterocycles. The molecule has 0 amide bonds. The van der Waals surface area contributed by atoms with E-state index >= 15 is 0 Å². The van der Waals surface area contributed by atoms with Crippen molar-refractivity contribution in [3.63, 3.8) is 0 Å². The number of aromatic nitrogens is 2. The summed E-state index contributed by atoms with van der Waals surface area (Å²) in [4.78, 5) is 10.2. The van der Waals surface area contributed by atoms with Gasteiger partial charge in [0.2, 0.25) is 0 Å². The second kappa shape index (κ2) is 6.02. The fourth-order valence-corrected chi connectivity index (χ4v) is 1.99. The fraction of sp³-hybridized carbons (Fsp3) is 0.267. The van der Waals surface area contributed by atoms with Gasteiger partial charge in [0, 0.05) is 19.7 Å². The van der Waals surface area contributed by atoms with Gasteiger partial charge >= 0.3 is 0 Å². The van der Waals surface area contributed by atoms with E-state index in [-0.39, 0.29) is 0 Å². The zero-order chi connectivity index (χ0) is 14.5. The molecule has 0 aliphatic carbocycles. The quantitative estimate of drug-likeness (QED) is 0.681. The van der Waals surface area contributed by atoms with Crippen LogP contribution in [-0.4, -0.2) is 17.0 Å².